The number of hydrogen-bond acceptors (Lipinski definition) is 6. The first-order valence-electron chi connectivity index (χ1n) is 10.1. The van der Waals surface area contributed by atoms with Crippen molar-refractivity contribution in [3.05, 3.63) is 87.0 Å². The number of aryl methyl sites for hydroxylation is 2. The molecule has 0 N–H and O–H groups in total. The third-order valence-corrected chi connectivity index (χ3v) is 5.31. The SMILES string of the molecule is Cc1cc2oc(=O)cc(COC(=O)c3c(-c4ccccc4)noc3C)c2cc1C(C)C. The highest BCUT2D eigenvalue weighted by Gasteiger charge is 2.23. The van der Waals surface area contributed by atoms with Crippen molar-refractivity contribution in [2.45, 2.75) is 40.2 Å². The van der Waals surface area contributed by atoms with Crippen LogP contribution in [0.25, 0.3) is 22.2 Å². The van der Waals surface area contributed by atoms with Crippen molar-refractivity contribution in [2.75, 3.05) is 0 Å². The number of hydrogen-bond donors (Lipinski definition) is 0. The lowest BCUT2D eigenvalue weighted by Gasteiger charge is -2.13. The van der Waals surface area contributed by atoms with Crippen LogP contribution in [0, 0.1) is 13.8 Å². The highest BCUT2D eigenvalue weighted by Crippen LogP contribution is 2.29. The Hall–Kier alpha value is -3.67. The molecule has 0 atom stereocenters. The van der Waals surface area contributed by atoms with Crippen molar-refractivity contribution in [3.8, 4) is 11.3 Å². The summed E-state index contributed by atoms with van der Waals surface area (Å²) in [4.78, 5) is 25.0. The van der Waals surface area contributed by atoms with Crippen LogP contribution in [0.5, 0.6) is 0 Å². The van der Waals surface area contributed by atoms with Gasteiger partial charge in [0.2, 0.25) is 0 Å². The Balaban J connectivity index is 1.68. The summed E-state index contributed by atoms with van der Waals surface area (Å²) in [6.45, 7) is 7.79. The highest BCUT2D eigenvalue weighted by atomic mass is 16.5. The van der Waals surface area contributed by atoms with Gasteiger partial charge in [0.15, 0.2) is 0 Å². The van der Waals surface area contributed by atoms with Gasteiger partial charge in [0.1, 0.15) is 29.2 Å². The molecule has 0 aliphatic heterocycles. The molecule has 0 aliphatic carbocycles. The fraction of sp³-hybridized carbons (Fsp3) is 0.240. The first-order valence-corrected chi connectivity index (χ1v) is 10.1. The molecule has 2 heterocycles. The molecule has 0 spiro atoms. The standard InChI is InChI=1S/C25H23NO5/c1-14(2)19-12-20-18(11-22(27)30-21(20)10-15(19)3)13-29-25(28)23-16(4)31-26-24(23)17-8-6-5-7-9-17/h5-12,14H,13H2,1-4H3. The number of esters is 1. The molecule has 158 valence electrons. The van der Waals surface area contributed by atoms with Crippen molar-refractivity contribution in [1.82, 2.24) is 5.16 Å². The molecule has 0 unspecified atom stereocenters. The van der Waals surface area contributed by atoms with Crippen molar-refractivity contribution in [1.29, 1.82) is 0 Å². The molecule has 0 saturated heterocycles. The van der Waals surface area contributed by atoms with Gasteiger partial charge >= 0.3 is 11.6 Å². The average molecular weight is 417 g/mol. The number of aromatic nitrogens is 1. The lowest BCUT2D eigenvalue weighted by atomic mass is 9.95. The zero-order valence-electron chi connectivity index (χ0n) is 17.9. The van der Waals surface area contributed by atoms with E-state index >= 15 is 0 Å². The first kappa shape index (κ1) is 20.6. The molecular weight excluding hydrogens is 394 g/mol. The number of benzene rings is 2. The smallest absolute Gasteiger partial charge is 0.344 e. The van der Waals surface area contributed by atoms with Crippen LogP contribution in [0.2, 0.25) is 0 Å². The van der Waals surface area contributed by atoms with E-state index in [1.165, 1.54) is 6.07 Å². The summed E-state index contributed by atoms with van der Waals surface area (Å²) in [5.41, 5.74) is 4.25. The summed E-state index contributed by atoms with van der Waals surface area (Å²) in [7, 11) is 0. The lowest BCUT2D eigenvalue weighted by molar-refractivity contribution is 0.0472. The summed E-state index contributed by atoms with van der Waals surface area (Å²) < 4.78 is 16.2. The zero-order chi connectivity index (χ0) is 22.1. The van der Waals surface area contributed by atoms with Crippen LogP contribution in [0.3, 0.4) is 0 Å². The molecule has 0 fully saturated rings. The van der Waals surface area contributed by atoms with E-state index in [1.54, 1.807) is 6.92 Å². The Morgan fingerprint density at radius 2 is 1.84 bits per heavy atom. The van der Waals surface area contributed by atoms with E-state index in [0.29, 0.717) is 28.5 Å². The number of ether oxygens (including phenoxy) is 1. The van der Waals surface area contributed by atoms with Gasteiger partial charge < -0.3 is 13.7 Å². The third kappa shape index (κ3) is 4.01. The number of rotatable bonds is 5. The predicted molar refractivity (Wildman–Crippen MR) is 117 cm³/mol. The van der Waals surface area contributed by atoms with E-state index in [2.05, 4.69) is 19.0 Å². The maximum Gasteiger partial charge on any atom is 0.344 e. The minimum Gasteiger partial charge on any atom is -0.457 e. The molecule has 0 radical (unpaired) electrons. The van der Waals surface area contributed by atoms with Crippen molar-refractivity contribution in [3.63, 3.8) is 0 Å². The topological polar surface area (TPSA) is 82.5 Å². The van der Waals surface area contributed by atoms with Gasteiger partial charge in [-0.3, -0.25) is 0 Å². The second-order valence-electron chi connectivity index (χ2n) is 7.85. The van der Waals surface area contributed by atoms with Crippen LogP contribution in [0.15, 0.2) is 62.3 Å². The summed E-state index contributed by atoms with van der Waals surface area (Å²) in [6.07, 6.45) is 0. The third-order valence-electron chi connectivity index (χ3n) is 5.31. The molecule has 0 saturated carbocycles. The summed E-state index contributed by atoms with van der Waals surface area (Å²) in [6, 6.07) is 14.5. The van der Waals surface area contributed by atoms with E-state index < -0.39 is 11.6 Å². The second kappa shape index (κ2) is 8.22. The van der Waals surface area contributed by atoms with Crippen LogP contribution < -0.4 is 5.63 Å². The highest BCUT2D eigenvalue weighted by molar-refractivity contribution is 5.97. The van der Waals surface area contributed by atoms with E-state index in [-0.39, 0.29) is 12.2 Å². The molecule has 0 aliphatic rings. The molecular formula is C25H23NO5. The van der Waals surface area contributed by atoms with Crippen molar-refractivity contribution in [2.24, 2.45) is 0 Å². The normalized spacial score (nSPS) is 11.3. The van der Waals surface area contributed by atoms with Gasteiger partial charge in [-0.15, -0.1) is 0 Å². The summed E-state index contributed by atoms with van der Waals surface area (Å²) in [5, 5.41) is 4.78. The molecule has 6 nitrogen and oxygen atoms in total. The van der Waals surface area contributed by atoms with Gasteiger partial charge in [0.05, 0.1) is 0 Å². The van der Waals surface area contributed by atoms with Crippen molar-refractivity contribution >= 4 is 16.9 Å². The average Bonchev–Trinajstić information content (AvgIpc) is 3.13. The van der Waals surface area contributed by atoms with Gasteiger partial charge in [-0.2, -0.15) is 0 Å². The molecule has 4 aromatic rings. The predicted octanol–water partition coefficient (Wildman–Crippen LogP) is 5.55. The summed E-state index contributed by atoms with van der Waals surface area (Å²) in [5.74, 6) is 0.119. The van der Waals surface area contributed by atoms with Gasteiger partial charge in [-0.25, -0.2) is 9.59 Å². The Kier molecular flexibility index (Phi) is 5.46. The number of carbonyl (C=O) groups is 1. The van der Waals surface area contributed by atoms with Gasteiger partial charge in [0, 0.05) is 22.6 Å². The van der Waals surface area contributed by atoms with Gasteiger partial charge in [-0.1, -0.05) is 49.3 Å². The van der Waals surface area contributed by atoms with E-state index in [4.69, 9.17) is 13.7 Å². The van der Waals surface area contributed by atoms with Crippen LogP contribution in [0.1, 0.15) is 52.6 Å². The maximum atomic E-state index is 12.9. The minimum atomic E-state index is -0.560. The second-order valence-corrected chi connectivity index (χ2v) is 7.85. The fourth-order valence-corrected chi connectivity index (χ4v) is 3.75. The summed E-state index contributed by atoms with van der Waals surface area (Å²) >= 11 is 0. The van der Waals surface area contributed by atoms with E-state index in [0.717, 1.165) is 22.1 Å². The number of nitrogens with zero attached hydrogens (tertiary/aromatic N) is 1. The van der Waals surface area contributed by atoms with Crippen LogP contribution >= 0.6 is 0 Å². The Bertz CT molecular complexity index is 1320. The molecule has 2 aromatic carbocycles. The Morgan fingerprint density at radius 1 is 1.10 bits per heavy atom. The molecule has 31 heavy (non-hydrogen) atoms. The van der Waals surface area contributed by atoms with Crippen molar-refractivity contribution < 1.29 is 18.5 Å². The zero-order valence-corrected chi connectivity index (χ0v) is 17.9. The number of fused-ring (bicyclic) bond motifs is 1. The first-order chi connectivity index (χ1) is 14.8. The van der Waals surface area contributed by atoms with Gasteiger partial charge in [0.25, 0.3) is 0 Å². The lowest BCUT2D eigenvalue weighted by Crippen LogP contribution is -2.09. The van der Waals surface area contributed by atoms with Crippen LogP contribution in [-0.2, 0) is 11.3 Å². The molecule has 0 bridgehead atoms. The molecule has 2 aromatic heterocycles. The fourth-order valence-electron chi connectivity index (χ4n) is 3.75. The Labute approximate surface area is 179 Å². The quantitative estimate of drug-likeness (QED) is 0.313. The van der Waals surface area contributed by atoms with Crippen LogP contribution in [-0.4, -0.2) is 11.1 Å². The molecule has 6 heteroatoms. The largest absolute Gasteiger partial charge is 0.457 e. The Morgan fingerprint density at radius 3 is 2.55 bits per heavy atom. The molecule has 0 amide bonds. The minimum absolute atomic E-state index is 0.0691. The van der Waals surface area contributed by atoms with Gasteiger partial charge in [-0.05, 0) is 43.0 Å². The monoisotopic (exact) mass is 417 g/mol. The van der Waals surface area contributed by atoms with E-state index in [1.807, 2.05) is 49.4 Å². The van der Waals surface area contributed by atoms with E-state index in [9.17, 15) is 9.59 Å². The van der Waals surface area contributed by atoms with Crippen LogP contribution in [0.4, 0.5) is 0 Å². The number of carbonyl (C=O) groups excluding carboxylic acids is 1. The maximum absolute atomic E-state index is 12.9. The molecule has 4 rings (SSSR count).